The number of hydrogen-bond acceptors (Lipinski definition) is 2. The number of rotatable bonds is 2. The summed E-state index contributed by atoms with van der Waals surface area (Å²) in [5.74, 6) is 0. The van der Waals surface area contributed by atoms with Crippen LogP contribution in [0, 0.1) is 0 Å². The summed E-state index contributed by atoms with van der Waals surface area (Å²) in [6, 6.07) is 6.89. The molecule has 2 heteroatoms. The van der Waals surface area contributed by atoms with E-state index < -0.39 is 0 Å². The summed E-state index contributed by atoms with van der Waals surface area (Å²) in [5, 5.41) is 0. The highest BCUT2D eigenvalue weighted by molar-refractivity contribution is 5.45. The van der Waals surface area contributed by atoms with Crippen LogP contribution >= 0.6 is 0 Å². The molecule has 0 aromatic heterocycles. The van der Waals surface area contributed by atoms with Crippen LogP contribution in [0.1, 0.15) is 36.5 Å². The number of fused-ring (bicyclic) bond motifs is 1. The van der Waals surface area contributed by atoms with Gasteiger partial charge in [-0.2, -0.15) is 0 Å². The molecule has 0 radical (unpaired) electrons. The quantitative estimate of drug-likeness (QED) is 0.823. The first-order valence-electron chi connectivity index (χ1n) is 6.18. The summed E-state index contributed by atoms with van der Waals surface area (Å²) >= 11 is 0. The van der Waals surface area contributed by atoms with Crippen LogP contribution in [-0.2, 0) is 23.2 Å². The zero-order valence-corrected chi connectivity index (χ0v) is 9.83. The van der Waals surface area contributed by atoms with Gasteiger partial charge in [-0.05, 0) is 42.9 Å². The molecule has 2 N–H and O–H groups in total. The maximum atomic E-state index is 6.17. The van der Waals surface area contributed by atoms with Crippen LogP contribution in [0.15, 0.2) is 18.2 Å². The predicted molar refractivity (Wildman–Crippen MR) is 64.4 cm³/mol. The molecule has 0 bridgehead atoms. The van der Waals surface area contributed by atoms with E-state index in [0.29, 0.717) is 0 Å². The maximum absolute atomic E-state index is 6.17. The third-order valence-electron chi connectivity index (χ3n) is 4.22. The van der Waals surface area contributed by atoms with Crippen molar-refractivity contribution in [2.24, 2.45) is 5.73 Å². The first-order chi connectivity index (χ1) is 7.74. The standard InChI is InChI=1S/C14H19NO/c1-10(15)14(6-7-14)13-4-2-3-11-9-16-8-5-12(11)13/h2-4,10H,5-9,15H2,1H3. The van der Waals surface area contributed by atoms with Crippen LogP contribution in [0.4, 0.5) is 0 Å². The molecule has 1 aliphatic carbocycles. The van der Waals surface area contributed by atoms with Crippen molar-refractivity contribution in [1.82, 2.24) is 0 Å². The Bertz CT molecular complexity index is 407. The molecule has 1 aliphatic heterocycles. The molecule has 1 aromatic carbocycles. The Balaban J connectivity index is 2.08. The third-order valence-corrected chi connectivity index (χ3v) is 4.22. The Kier molecular flexibility index (Phi) is 2.30. The van der Waals surface area contributed by atoms with Crippen LogP contribution < -0.4 is 5.73 Å². The Morgan fingerprint density at radius 3 is 2.88 bits per heavy atom. The van der Waals surface area contributed by atoms with Gasteiger partial charge in [-0.15, -0.1) is 0 Å². The van der Waals surface area contributed by atoms with E-state index in [4.69, 9.17) is 10.5 Å². The summed E-state index contributed by atoms with van der Waals surface area (Å²) in [6.07, 6.45) is 3.56. The summed E-state index contributed by atoms with van der Waals surface area (Å²) in [5.41, 5.74) is 10.8. The summed E-state index contributed by atoms with van der Waals surface area (Å²) < 4.78 is 5.51. The molecule has 1 aromatic rings. The molecule has 2 nitrogen and oxygen atoms in total. The molecule has 2 aliphatic rings. The largest absolute Gasteiger partial charge is 0.376 e. The van der Waals surface area contributed by atoms with Crippen molar-refractivity contribution in [3.8, 4) is 0 Å². The van der Waals surface area contributed by atoms with Crippen molar-refractivity contribution in [2.75, 3.05) is 6.61 Å². The molecule has 0 saturated heterocycles. The Morgan fingerprint density at radius 1 is 1.38 bits per heavy atom. The van der Waals surface area contributed by atoms with Gasteiger partial charge in [0.1, 0.15) is 0 Å². The van der Waals surface area contributed by atoms with Gasteiger partial charge in [-0.3, -0.25) is 0 Å². The second-order valence-electron chi connectivity index (χ2n) is 5.19. The molecule has 0 spiro atoms. The summed E-state index contributed by atoms with van der Waals surface area (Å²) in [7, 11) is 0. The lowest BCUT2D eigenvalue weighted by Gasteiger charge is -2.27. The molecule has 16 heavy (non-hydrogen) atoms. The van der Waals surface area contributed by atoms with Crippen LogP contribution in [0.3, 0.4) is 0 Å². The Hall–Kier alpha value is -0.860. The lowest BCUT2D eigenvalue weighted by Crippen LogP contribution is -2.33. The van der Waals surface area contributed by atoms with Crippen molar-refractivity contribution in [2.45, 2.75) is 44.2 Å². The monoisotopic (exact) mass is 217 g/mol. The van der Waals surface area contributed by atoms with Gasteiger partial charge in [0.05, 0.1) is 13.2 Å². The second kappa shape index (κ2) is 3.57. The maximum Gasteiger partial charge on any atom is 0.0719 e. The van der Waals surface area contributed by atoms with Gasteiger partial charge < -0.3 is 10.5 Å². The third kappa shape index (κ3) is 1.40. The van der Waals surface area contributed by atoms with Crippen molar-refractivity contribution >= 4 is 0 Å². The highest BCUT2D eigenvalue weighted by atomic mass is 16.5. The van der Waals surface area contributed by atoms with E-state index in [2.05, 4.69) is 25.1 Å². The predicted octanol–water partition coefficient (Wildman–Crippen LogP) is 2.14. The molecule has 3 rings (SSSR count). The van der Waals surface area contributed by atoms with Crippen molar-refractivity contribution in [3.05, 3.63) is 34.9 Å². The molecule has 86 valence electrons. The smallest absolute Gasteiger partial charge is 0.0719 e. The average molecular weight is 217 g/mol. The van der Waals surface area contributed by atoms with E-state index in [-0.39, 0.29) is 11.5 Å². The van der Waals surface area contributed by atoms with E-state index in [1.54, 1.807) is 0 Å². The van der Waals surface area contributed by atoms with Crippen LogP contribution in [0.2, 0.25) is 0 Å². The fourth-order valence-corrected chi connectivity index (χ4v) is 2.99. The zero-order valence-electron chi connectivity index (χ0n) is 9.83. The highest BCUT2D eigenvalue weighted by Gasteiger charge is 2.48. The molecular weight excluding hydrogens is 198 g/mol. The molecule has 0 amide bonds. The van der Waals surface area contributed by atoms with Gasteiger partial charge in [0.15, 0.2) is 0 Å². The van der Waals surface area contributed by atoms with E-state index >= 15 is 0 Å². The molecule has 1 saturated carbocycles. The minimum absolute atomic E-state index is 0.266. The first-order valence-corrected chi connectivity index (χ1v) is 6.18. The van der Waals surface area contributed by atoms with Crippen LogP contribution in [-0.4, -0.2) is 12.6 Å². The highest BCUT2D eigenvalue weighted by Crippen LogP contribution is 2.52. The number of nitrogens with two attached hydrogens (primary N) is 1. The van der Waals surface area contributed by atoms with Gasteiger partial charge in [0, 0.05) is 11.5 Å². The topological polar surface area (TPSA) is 35.2 Å². The minimum atomic E-state index is 0.266. The van der Waals surface area contributed by atoms with Crippen LogP contribution in [0.5, 0.6) is 0 Å². The van der Waals surface area contributed by atoms with Gasteiger partial charge in [0.25, 0.3) is 0 Å². The van der Waals surface area contributed by atoms with E-state index in [9.17, 15) is 0 Å². The van der Waals surface area contributed by atoms with E-state index in [0.717, 1.165) is 19.6 Å². The second-order valence-corrected chi connectivity index (χ2v) is 5.19. The number of hydrogen-bond donors (Lipinski definition) is 1. The average Bonchev–Trinajstić information content (AvgIpc) is 3.09. The fourth-order valence-electron chi connectivity index (χ4n) is 2.99. The Morgan fingerprint density at radius 2 is 2.19 bits per heavy atom. The molecule has 1 atom stereocenters. The van der Waals surface area contributed by atoms with E-state index in [1.807, 2.05) is 0 Å². The SMILES string of the molecule is CC(N)C1(c2cccc3c2CCOC3)CC1. The Labute approximate surface area is 96.8 Å². The number of ether oxygens (including phenoxy) is 1. The molecular formula is C14H19NO. The van der Waals surface area contributed by atoms with Gasteiger partial charge >= 0.3 is 0 Å². The normalized spacial score (nSPS) is 23.6. The minimum Gasteiger partial charge on any atom is -0.376 e. The molecule has 1 unspecified atom stereocenters. The van der Waals surface area contributed by atoms with Crippen molar-refractivity contribution < 1.29 is 4.74 Å². The lowest BCUT2D eigenvalue weighted by molar-refractivity contribution is 0.110. The fraction of sp³-hybridized carbons (Fsp3) is 0.571. The molecule has 1 heterocycles. The number of benzene rings is 1. The van der Waals surface area contributed by atoms with Crippen molar-refractivity contribution in [1.29, 1.82) is 0 Å². The molecule has 1 fully saturated rings. The lowest BCUT2D eigenvalue weighted by atomic mass is 9.83. The van der Waals surface area contributed by atoms with Crippen molar-refractivity contribution in [3.63, 3.8) is 0 Å². The van der Waals surface area contributed by atoms with Gasteiger partial charge in [0.2, 0.25) is 0 Å². The zero-order chi connectivity index (χ0) is 11.2. The van der Waals surface area contributed by atoms with Gasteiger partial charge in [-0.25, -0.2) is 0 Å². The van der Waals surface area contributed by atoms with Gasteiger partial charge in [-0.1, -0.05) is 18.2 Å². The first kappa shape index (κ1) is 10.3. The van der Waals surface area contributed by atoms with Crippen LogP contribution in [0.25, 0.3) is 0 Å². The summed E-state index contributed by atoms with van der Waals surface area (Å²) in [6.45, 7) is 3.78. The van der Waals surface area contributed by atoms with E-state index in [1.165, 1.54) is 29.5 Å². The summed E-state index contributed by atoms with van der Waals surface area (Å²) in [4.78, 5) is 0.